The predicted octanol–water partition coefficient (Wildman–Crippen LogP) is 0.914. The molecule has 0 aromatic heterocycles. The fourth-order valence-electron chi connectivity index (χ4n) is 0.726. The van der Waals surface area contributed by atoms with E-state index in [2.05, 4.69) is 31.3 Å². The van der Waals surface area contributed by atoms with Crippen LogP contribution < -0.4 is 11.2 Å². The van der Waals surface area contributed by atoms with Gasteiger partial charge in [-0.2, -0.15) is 5.10 Å². The lowest BCUT2D eigenvalue weighted by molar-refractivity contribution is 0.431. The molecule has 0 amide bonds. The summed E-state index contributed by atoms with van der Waals surface area (Å²) in [5.41, 5.74) is 8.44. The zero-order valence-electron chi connectivity index (χ0n) is 7.23. The SMILES string of the molecule is CNN=C(N)CC(C)(C)C. The largest absolute Gasteiger partial charge is 0.386 e. The molecule has 0 spiro atoms. The van der Waals surface area contributed by atoms with Crippen LogP contribution in [0.25, 0.3) is 0 Å². The molecule has 0 aliphatic rings. The van der Waals surface area contributed by atoms with E-state index in [-0.39, 0.29) is 5.41 Å². The lowest BCUT2D eigenvalue weighted by Gasteiger charge is -2.16. The number of nitrogens with two attached hydrogens (primary N) is 1. The van der Waals surface area contributed by atoms with Gasteiger partial charge in [0.2, 0.25) is 0 Å². The van der Waals surface area contributed by atoms with E-state index in [1.807, 2.05) is 0 Å². The van der Waals surface area contributed by atoms with Crippen molar-refractivity contribution in [3.8, 4) is 0 Å². The summed E-state index contributed by atoms with van der Waals surface area (Å²) < 4.78 is 0. The molecule has 0 saturated carbocycles. The maximum Gasteiger partial charge on any atom is 0.120 e. The number of rotatable bonds is 2. The lowest BCUT2D eigenvalue weighted by Crippen LogP contribution is -2.22. The summed E-state index contributed by atoms with van der Waals surface area (Å²) in [6, 6.07) is 0. The summed E-state index contributed by atoms with van der Waals surface area (Å²) in [4.78, 5) is 0. The minimum atomic E-state index is 0.227. The maximum atomic E-state index is 5.56. The van der Waals surface area contributed by atoms with Gasteiger partial charge < -0.3 is 11.2 Å². The van der Waals surface area contributed by atoms with Gasteiger partial charge in [-0.3, -0.25) is 0 Å². The Kier molecular flexibility index (Phi) is 3.19. The molecule has 0 aliphatic carbocycles. The topological polar surface area (TPSA) is 50.4 Å². The monoisotopic (exact) mass is 143 g/mol. The molecule has 0 fully saturated rings. The van der Waals surface area contributed by atoms with Crippen LogP contribution >= 0.6 is 0 Å². The van der Waals surface area contributed by atoms with E-state index in [0.717, 1.165) is 6.42 Å². The average molecular weight is 143 g/mol. The zero-order chi connectivity index (χ0) is 8.20. The van der Waals surface area contributed by atoms with E-state index in [9.17, 15) is 0 Å². The highest BCUT2D eigenvalue weighted by Crippen LogP contribution is 2.17. The summed E-state index contributed by atoms with van der Waals surface area (Å²) in [5, 5.41) is 3.85. The molecule has 0 bridgehead atoms. The summed E-state index contributed by atoms with van der Waals surface area (Å²) in [5.74, 6) is 0.662. The first-order chi connectivity index (χ1) is 4.45. The number of hydrazone groups is 1. The third-order valence-electron chi connectivity index (χ3n) is 0.967. The van der Waals surface area contributed by atoms with Crippen molar-refractivity contribution in [2.75, 3.05) is 7.05 Å². The number of nitrogens with zero attached hydrogens (tertiary/aromatic N) is 1. The van der Waals surface area contributed by atoms with Gasteiger partial charge in [-0.1, -0.05) is 20.8 Å². The number of hydrogen-bond donors (Lipinski definition) is 2. The van der Waals surface area contributed by atoms with Crippen LogP contribution in [0.2, 0.25) is 0 Å². The first-order valence-electron chi connectivity index (χ1n) is 3.44. The Morgan fingerprint density at radius 3 is 2.30 bits per heavy atom. The summed E-state index contributed by atoms with van der Waals surface area (Å²) >= 11 is 0. The van der Waals surface area contributed by atoms with Gasteiger partial charge in [0.25, 0.3) is 0 Å². The van der Waals surface area contributed by atoms with E-state index in [0.29, 0.717) is 5.84 Å². The molecular weight excluding hydrogens is 126 g/mol. The molecule has 0 rings (SSSR count). The molecule has 0 aromatic rings. The van der Waals surface area contributed by atoms with Gasteiger partial charge in [0.15, 0.2) is 0 Å². The smallest absolute Gasteiger partial charge is 0.120 e. The summed E-state index contributed by atoms with van der Waals surface area (Å²) in [6.45, 7) is 6.39. The molecule has 0 atom stereocenters. The molecule has 0 unspecified atom stereocenters. The van der Waals surface area contributed by atoms with Crippen LogP contribution in [0.15, 0.2) is 5.10 Å². The normalized spacial score (nSPS) is 13.4. The summed E-state index contributed by atoms with van der Waals surface area (Å²) in [7, 11) is 1.75. The fourth-order valence-corrected chi connectivity index (χ4v) is 0.726. The van der Waals surface area contributed by atoms with Crippen LogP contribution in [0, 0.1) is 5.41 Å². The highest BCUT2D eigenvalue weighted by molar-refractivity contribution is 5.80. The highest BCUT2D eigenvalue weighted by atomic mass is 15.3. The third kappa shape index (κ3) is 5.41. The second kappa shape index (κ2) is 3.44. The lowest BCUT2D eigenvalue weighted by atomic mass is 9.92. The quantitative estimate of drug-likeness (QED) is 0.343. The standard InChI is InChI=1S/C7H17N3/c1-7(2,3)5-6(8)10-9-4/h9H,5H2,1-4H3,(H2,8,10). The van der Waals surface area contributed by atoms with E-state index < -0.39 is 0 Å². The van der Waals surface area contributed by atoms with Gasteiger partial charge in [-0.15, -0.1) is 0 Å². The van der Waals surface area contributed by atoms with Crippen LogP contribution in [-0.4, -0.2) is 12.9 Å². The Morgan fingerprint density at radius 2 is 2.00 bits per heavy atom. The Morgan fingerprint density at radius 1 is 1.50 bits per heavy atom. The molecule has 10 heavy (non-hydrogen) atoms. The molecule has 0 radical (unpaired) electrons. The molecule has 0 saturated heterocycles. The zero-order valence-corrected chi connectivity index (χ0v) is 7.23. The van der Waals surface area contributed by atoms with Crippen LogP contribution in [0.1, 0.15) is 27.2 Å². The van der Waals surface area contributed by atoms with Crippen molar-refractivity contribution in [1.82, 2.24) is 5.43 Å². The van der Waals surface area contributed by atoms with E-state index in [1.54, 1.807) is 7.05 Å². The van der Waals surface area contributed by atoms with Crippen molar-refractivity contribution in [2.24, 2.45) is 16.3 Å². The second-order valence-electron chi connectivity index (χ2n) is 3.56. The molecule has 0 aliphatic heterocycles. The van der Waals surface area contributed by atoms with Crippen LogP contribution in [0.5, 0.6) is 0 Å². The van der Waals surface area contributed by atoms with Gasteiger partial charge in [0.05, 0.1) is 0 Å². The van der Waals surface area contributed by atoms with Crippen molar-refractivity contribution < 1.29 is 0 Å². The molecule has 3 N–H and O–H groups in total. The fraction of sp³-hybridized carbons (Fsp3) is 0.857. The molecule has 60 valence electrons. The van der Waals surface area contributed by atoms with Gasteiger partial charge in [-0.05, 0) is 5.41 Å². The maximum absolute atomic E-state index is 5.56. The van der Waals surface area contributed by atoms with Gasteiger partial charge in [0, 0.05) is 13.5 Å². The molecule has 0 heterocycles. The number of nitrogens with one attached hydrogen (secondary N) is 1. The van der Waals surface area contributed by atoms with Crippen molar-refractivity contribution in [2.45, 2.75) is 27.2 Å². The number of amidine groups is 1. The van der Waals surface area contributed by atoms with Crippen molar-refractivity contribution in [3.63, 3.8) is 0 Å². The number of hydrogen-bond acceptors (Lipinski definition) is 2. The minimum Gasteiger partial charge on any atom is -0.386 e. The predicted molar refractivity (Wildman–Crippen MR) is 44.8 cm³/mol. The Hall–Kier alpha value is -0.730. The highest BCUT2D eigenvalue weighted by Gasteiger charge is 2.11. The molecule has 3 nitrogen and oxygen atoms in total. The van der Waals surface area contributed by atoms with Crippen LogP contribution in [0.3, 0.4) is 0 Å². The second-order valence-corrected chi connectivity index (χ2v) is 3.56. The molecule has 0 aromatic carbocycles. The van der Waals surface area contributed by atoms with Crippen LogP contribution in [0.4, 0.5) is 0 Å². The molecule has 3 heteroatoms. The van der Waals surface area contributed by atoms with Crippen molar-refractivity contribution in [3.05, 3.63) is 0 Å². The Balaban J connectivity index is 3.79. The molecular formula is C7H17N3. The van der Waals surface area contributed by atoms with Crippen molar-refractivity contribution in [1.29, 1.82) is 0 Å². The van der Waals surface area contributed by atoms with Gasteiger partial charge in [-0.25, -0.2) is 0 Å². The first-order valence-corrected chi connectivity index (χ1v) is 3.44. The van der Waals surface area contributed by atoms with E-state index in [4.69, 9.17) is 5.73 Å². The summed E-state index contributed by atoms with van der Waals surface area (Å²) in [6.07, 6.45) is 0.827. The van der Waals surface area contributed by atoms with Gasteiger partial charge >= 0.3 is 0 Å². The van der Waals surface area contributed by atoms with Crippen LogP contribution in [-0.2, 0) is 0 Å². The van der Waals surface area contributed by atoms with Crippen molar-refractivity contribution >= 4 is 5.84 Å². The van der Waals surface area contributed by atoms with Gasteiger partial charge in [0.1, 0.15) is 5.84 Å². The van der Waals surface area contributed by atoms with E-state index >= 15 is 0 Å². The third-order valence-corrected chi connectivity index (χ3v) is 0.967. The Labute approximate surface area is 62.7 Å². The first kappa shape index (κ1) is 9.27. The Bertz CT molecular complexity index is 121. The minimum absolute atomic E-state index is 0.227. The van der Waals surface area contributed by atoms with E-state index in [1.165, 1.54) is 0 Å². The average Bonchev–Trinajstić information content (AvgIpc) is 1.59.